The third-order valence-corrected chi connectivity index (χ3v) is 10.1. The van der Waals surface area contributed by atoms with Crippen molar-refractivity contribution in [2.75, 3.05) is 0 Å². The van der Waals surface area contributed by atoms with Gasteiger partial charge in [-0.1, -0.05) is 97.6 Å². The summed E-state index contributed by atoms with van der Waals surface area (Å²) in [5, 5.41) is 5.10. The van der Waals surface area contributed by atoms with Crippen molar-refractivity contribution in [2.45, 2.75) is 12.3 Å². The molecule has 1 unspecified atom stereocenters. The molecule has 194 valence electrons. The standard InChI is InChI=1S/C38H25NOS/c1-3-4-15-28-23(2)40-34-22-36-27(25-13-6-10-20-35(25)41-36)21-31(34)38(28)29-16-7-9-19-33(29)39-32-18-8-5-12-24(32)26-14-11-17-30(38)37(26)39/h3-22H,1H2,2H3/b15-4-. The molecule has 0 radical (unpaired) electrons. The van der Waals surface area contributed by atoms with Crippen LogP contribution in [-0.4, -0.2) is 4.57 Å². The van der Waals surface area contributed by atoms with E-state index in [2.05, 4.69) is 127 Å². The number of thiophene rings is 1. The van der Waals surface area contributed by atoms with Gasteiger partial charge < -0.3 is 9.30 Å². The van der Waals surface area contributed by atoms with Gasteiger partial charge in [-0.05, 0) is 48.4 Å². The van der Waals surface area contributed by atoms with Gasteiger partial charge in [0.15, 0.2) is 0 Å². The summed E-state index contributed by atoms with van der Waals surface area (Å²) in [6.45, 7) is 6.12. The second-order valence-electron chi connectivity index (χ2n) is 10.9. The zero-order valence-corrected chi connectivity index (χ0v) is 23.3. The summed E-state index contributed by atoms with van der Waals surface area (Å²) in [6, 6.07) is 37.9. The van der Waals surface area contributed by atoms with E-state index in [1.165, 1.54) is 64.4 Å². The highest BCUT2D eigenvalue weighted by Gasteiger charge is 2.50. The number of ether oxygens (including phenoxy) is 1. The Balaban J connectivity index is 1.54. The second kappa shape index (κ2) is 8.09. The molecule has 2 nitrogen and oxygen atoms in total. The van der Waals surface area contributed by atoms with E-state index in [-0.39, 0.29) is 0 Å². The third-order valence-electron chi connectivity index (χ3n) is 8.98. The fraction of sp³-hybridized carbons (Fsp3) is 0.0526. The fourth-order valence-electron chi connectivity index (χ4n) is 7.45. The van der Waals surface area contributed by atoms with E-state index in [1.54, 1.807) is 0 Å². The first-order valence-corrected chi connectivity index (χ1v) is 14.8. The molecule has 3 heteroatoms. The Morgan fingerprint density at radius 2 is 1.49 bits per heavy atom. The third kappa shape index (κ3) is 2.77. The highest BCUT2D eigenvalue weighted by Crippen LogP contribution is 2.59. The molecular weight excluding hydrogens is 518 g/mol. The highest BCUT2D eigenvalue weighted by atomic mass is 32.1. The summed E-state index contributed by atoms with van der Waals surface area (Å²) < 4.78 is 11.7. The van der Waals surface area contributed by atoms with Gasteiger partial charge in [-0.15, -0.1) is 11.3 Å². The number of hydrogen-bond donors (Lipinski definition) is 0. The molecule has 9 rings (SSSR count). The topological polar surface area (TPSA) is 14.2 Å². The number of rotatable bonds is 2. The first-order chi connectivity index (χ1) is 20.2. The average molecular weight is 544 g/mol. The monoisotopic (exact) mass is 543 g/mol. The summed E-state index contributed by atoms with van der Waals surface area (Å²) >= 11 is 1.83. The molecule has 0 bridgehead atoms. The summed E-state index contributed by atoms with van der Waals surface area (Å²) in [4.78, 5) is 0. The lowest BCUT2D eigenvalue weighted by molar-refractivity contribution is 0.387. The van der Waals surface area contributed by atoms with Crippen LogP contribution in [0.2, 0.25) is 0 Å². The molecule has 41 heavy (non-hydrogen) atoms. The van der Waals surface area contributed by atoms with Crippen molar-refractivity contribution in [1.29, 1.82) is 0 Å². The number of allylic oxidation sites excluding steroid dienone is 5. The number of benzene rings is 5. The molecule has 0 N–H and O–H groups in total. The molecule has 0 saturated carbocycles. The average Bonchev–Trinajstić information content (AvgIpc) is 3.54. The molecule has 0 saturated heterocycles. The van der Waals surface area contributed by atoms with Crippen LogP contribution in [0.3, 0.4) is 0 Å². The quantitative estimate of drug-likeness (QED) is 0.198. The van der Waals surface area contributed by atoms with Crippen LogP contribution in [-0.2, 0) is 5.41 Å². The van der Waals surface area contributed by atoms with E-state index in [0.717, 1.165) is 17.1 Å². The fourth-order valence-corrected chi connectivity index (χ4v) is 8.56. The Bertz CT molecular complexity index is 2330. The zero-order chi connectivity index (χ0) is 27.3. The maximum Gasteiger partial charge on any atom is 0.133 e. The molecule has 0 fully saturated rings. The Labute approximate surface area is 241 Å². The van der Waals surface area contributed by atoms with Crippen LogP contribution < -0.4 is 4.74 Å². The van der Waals surface area contributed by atoms with Crippen LogP contribution in [0, 0.1) is 0 Å². The smallest absolute Gasteiger partial charge is 0.133 e. The van der Waals surface area contributed by atoms with Gasteiger partial charge in [0, 0.05) is 42.1 Å². The molecule has 2 aliphatic heterocycles. The number of hydrogen-bond acceptors (Lipinski definition) is 2. The van der Waals surface area contributed by atoms with E-state index in [0.29, 0.717) is 0 Å². The van der Waals surface area contributed by atoms with Crippen LogP contribution in [0.15, 0.2) is 139 Å². The molecule has 0 aliphatic carbocycles. The maximum absolute atomic E-state index is 6.72. The van der Waals surface area contributed by atoms with E-state index < -0.39 is 5.41 Å². The van der Waals surface area contributed by atoms with Crippen molar-refractivity contribution in [3.8, 4) is 11.4 Å². The largest absolute Gasteiger partial charge is 0.461 e. The van der Waals surface area contributed by atoms with Gasteiger partial charge in [-0.3, -0.25) is 0 Å². The number of nitrogens with zero attached hydrogens (tertiary/aromatic N) is 1. The van der Waals surface area contributed by atoms with Crippen LogP contribution >= 0.6 is 11.3 Å². The Kier molecular flexibility index (Phi) is 4.52. The molecule has 2 aliphatic rings. The lowest BCUT2D eigenvalue weighted by atomic mass is 9.61. The van der Waals surface area contributed by atoms with Gasteiger partial charge in [-0.25, -0.2) is 0 Å². The van der Waals surface area contributed by atoms with E-state index in [1.807, 2.05) is 23.5 Å². The Morgan fingerprint density at radius 1 is 0.732 bits per heavy atom. The predicted molar refractivity (Wildman–Crippen MR) is 173 cm³/mol. The summed E-state index contributed by atoms with van der Waals surface area (Å²) in [5.74, 6) is 1.83. The van der Waals surface area contributed by atoms with Gasteiger partial charge >= 0.3 is 0 Å². The van der Waals surface area contributed by atoms with Gasteiger partial charge in [0.05, 0.1) is 22.1 Å². The minimum absolute atomic E-state index is 0.575. The predicted octanol–water partition coefficient (Wildman–Crippen LogP) is 10.2. The van der Waals surface area contributed by atoms with Crippen molar-refractivity contribution in [3.63, 3.8) is 0 Å². The van der Waals surface area contributed by atoms with Gasteiger partial charge in [0.25, 0.3) is 0 Å². The lowest BCUT2D eigenvalue weighted by Gasteiger charge is -2.45. The van der Waals surface area contributed by atoms with E-state index in [4.69, 9.17) is 4.74 Å². The molecule has 7 aromatic rings. The van der Waals surface area contributed by atoms with Crippen LogP contribution in [0.5, 0.6) is 5.75 Å². The molecule has 5 aromatic carbocycles. The molecule has 1 atom stereocenters. The van der Waals surface area contributed by atoms with E-state index >= 15 is 0 Å². The molecule has 1 spiro atoms. The minimum atomic E-state index is -0.575. The number of para-hydroxylation sites is 3. The van der Waals surface area contributed by atoms with Crippen LogP contribution in [0.25, 0.3) is 47.7 Å². The number of aromatic nitrogens is 1. The molecule has 4 heterocycles. The van der Waals surface area contributed by atoms with Crippen molar-refractivity contribution in [2.24, 2.45) is 0 Å². The minimum Gasteiger partial charge on any atom is -0.461 e. The number of fused-ring (bicyclic) bond motifs is 12. The highest BCUT2D eigenvalue weighted by molar-refractivity contribution is 7.25. The lowest BCUT2D eigenvalue weighted by Crippen LogP contribution is -2.39. The maximum atomic E-state index is 6.72. The summed E-state index contributed by atoms with van der Waals surface area (Å²) in [5.41, 5.74) is 7.97. The Morgan fingerprint density at radius 3 is 2.39 bits per heavy atom. The van der Waals surface area contributed by atoms with E-state index in [9.17, 15) is 0 Å². The molecular formula is C38H25NOS. The van der Waals surface area contributed by atoms with Crippen molar-refractivity contribution in [3.05, 3.63) is 156 Å². The van der Waals surface area contributed by atoms with Crippen molar-refractivity contribution >= 4 is 53.3 Å². The van der Waals surface area contributed by atoms with Gasteiger partial charge in [0.2, 0.25) is 0 Å². The zero-order valence-electron chi connectivity index (χ0n) is 22.5. The first-order valence-electron chi connectivity index (χ1n) is 14.0. The summed E-state index contributed by atoms with van der Waals surface area (Å²) in [7, 11) is 0. The summed E-state index contributed by atoms with van der Waals surface area (Å²) in [6.07, 6.45) is 6.10. The van der Waals surface area contributed by atoms with Crippen LogP contribution in [0.4, 0.5) is 0 Å². The van der Waals surface area contributed by atoms with Crippen molar-refractivity contribution in [1.82, 2.24) is 4.57 Å². The first kappa shape index (κ1) is 22.9. The van der Waals surface area contributed by atoms with Crippen molar-refractivity contribution < 1.29 is 4.74 Å². The second-order valence-corrected chi connectivity index (χ2v) is 12.0. The van der Waals surface area contributed by atoms with Crippen LogP contribution in [0.1, 0.15) is 23.6 Å². The molecule has 2 aromatic heterocycles. The SMILES string of the molecule is C=C/C=C\C1=C(C)Oc2cc3sc4ccccc4c3cc2C12c1ccccc1-n1c3ccccc3c3cccc2c31. The Hall–Kier alpha value is -4.86. The van der Waals surface area contributed by atoms with Gasteiger partial charge in [0.1, 0.15) is 11.5 Å². The molecule has 0 amide bonds. The normalized spacial score (nSPS) is 17.6. The van der Waals surface area contributed by atoms with Gasteiger partial charge in [-0.2, -0.15) is 0 Å².